The van der Waals surface area contributed by atoms with Gasteiger partial charge >= 0.3 is 0 Å². The zero-order valence-electron chi connectivity index (χ0n) is 7.90. The van der Waals surface area contributed by atoms with Crippen LogP contribution < -0.4 is 0 Å². The van der Waals surface area contributed by atoms with Crippen molar-refractivity contribution in [1.29, 1.82) is 0 Å². The van der Waals surface area contributed by atoms with Gasteiger partial charge in [0.15, 0.2) is 0 Å². The first-order valence-corrected chi connectivity index (χ1v) is 4.39. The molecule has 3 N–H and O–H groups in total. The summed E-state index contributed by atoms with van der Waals surface area (Å²) >= 11 is 0. The summed E-state index contributed by atoms with van der Waals surface area (Å²) in [6.07, 6.45) is 2.38. The molecular formula is C11H14O3. The average Bonchev–Trinajstić information content (AvgIpc) is 2.20. The van der Waals surface area contributed by atoms with Gasteiger partial charge in [0.1, 0.15) is 5.75 Å². The first-order valence-electron chi connectivity index (χ1n) is 4.39. The molecule has 0 amide bonds. The fourth-order valence-electron chi connectivity index (χ4n) is 1.36. The molecule has 0 aliphatic carbocycles. The van der Waals surface area contributed by atoms with Crippen molar-refractivity contribution in [3.8, 4) is 5.75 Å². The van der Waals surface area contributed by atoms with Crippen molar-refractivity contribution in [2.75, 3.05) is 0 Å². The molecule has 0 spiro atoms. The van der Waals surface area contributed by atoms with Crippen molar-refractivity contribution < 1.29 is 15.3 Å². The van der Waals surface area contributed by atoms with Gasteiger partial charge in [0.25, 0.3) is 0 Å². The number of allylic oxidation sites excluding steroid dienone is 1. The first-order chi connectivity index (χ1) is 6.72. The summed E-state index contributed by atoms with van der Waals surface area (Å²) in [4.78, 5) is 0. The summed E-state index contributed by atoms with van der Waals surface area (Å²) in [6.45, 7) is 3.14. The van der Waals surface area contributed by atoms with Gasteiger partial charge in [-0.05, 0) is 24.1 Å². The van der Waals surface area contributed by atoms with Crippen LogP contribution in [-0.2, 0) is 19.6 Å². The molecule has 0 atom stereocenters. The van der Waals surface area contributed by atoms with Gasteiger partial charge in [-0.1, -0.05) is 6.08 Å². The molecular weight excluding hydrogens is 180 g/mol. The van der Waals surface area contributed by atoms with Gasteiger partial charge in [-0.15, -0.1) is 6.58 Å². The van der Waals surface area contributed by atoms with Crippen molar-refractivity contribution >= 4 is 0 Å². The number of aliphatic hydroxyl groups excluding tert-OH is 2. The highest BCUT2D eigenvalue weighted by atomic mass is 16.3. The molecule has 14 heavy (non-hydrogen) atoms. The van der Waals surface area contributed by atoms with E-state index in [1.54, 1.807) is 18.2 Å². The Bertz CT molecular complexity index is 306. The maximum Gasteiger partial charge on any atom is 0.126 e. The average molecular weight is 194 g/mol. The SMILES string of the molecule is C=CCc1cc(CO)c(O)c(CO)c1. The molecule has 0 fully saturated rings. The van der Waals surface area contributed by atoms with Crippen LogP contribution in [0.15, 0.2) is 24.8 Å². The normalized spacial score (nSPS) is 10.1. The number of aliphatic hydroxyl groups is 2. The number of benzene rings is 1. The lowest BCUT2D eigenvalue weighted by molar-refractivity contribution is 0.263. The summed E-state index contributed by atoms with van der Waals surface area (Å²) in [7, 11) is 0. The molecule has 0 radical (unpaired) electrons. The molecule has 0 aliphatic rings. The van der Waals surface area contributed by atoms with Crippen molar-refractivity contribution in [1.82, 2.24) is 0 Å². The van der Waals surface area contributed by atoms with E-state index in [2.05, 4.69) is 6.58 Å². The topological polar surface area (TPSA) is 60.7 Å². The molecule has 1 rings (SSSR count). The lowest BCUT2D eigenvalue weighted by Gasteiger charge is -2.08. The molecule has 0 saturated heterocycles. The van der Waals surface area contributed by atoms with Crippen molar-refractivity contribution in [3.63, 3.8) is 0 Å². The van der Waals surface area contributed by atoms with Gasteiger partial charge in [0.2, 0.25) is 0 Å². The zero-order valence-corrected chi connectivity index (χ0v) is 7.90. The van der Waals surface area contributed by atoms with E-state index < -0.39 is 0 Å². The van der Waals surface area contributed by atoms with E-state index in [9.17, 15) is 5.11 Å². The van der Waals surface area contributed by atoms with Crippen LogP contribution in [0.5, 0.6) is 5.75 Å². The van der Waals surface area contributed by atoms with Crippen LogP contribution in [0.2, 0.25) is 0 Å². The highest BCUT2D eigenvalue weighted by Gasteiger charge is 2.07. The van der Waals surface area contributed by atoms with Crippen LogP contribution in [0.4, 0.5) is 0 Å². The van der Waals surface area contributed by atoms with E-state index >= 15 is 0 Å². The molecule has 0 aromatic heterocycles. The minimum Gasteiger partial charge on any atom is -0.507 e. The van der Waals surface area contributed by atoms with Gasteiger partial charge < -0.3 is 15.3 Å². The lowest BCUT2D eigenvalue weighted by atomic mass is 10.0. The first kappa shape index (κ1) is 10.8. The summed E-state index contributed by atoms with van der Waals surface area (Å²) in [5, 5.41) is 27.5. The van der Waals surface area contributed by atoms with E-state index in [0.29, 0.717) is 17.5 Å². The highest BCUT2D eigenvalue weighted by molar-refractivity contribution is 5.43. The molecule has 1 aromatic carbocycles. The third-order valence-corrected chi connectivity index (χ3v) is 2.05. The molecule has 3 heteroatoms. The van der Waals surface area contributed by atoms with E-state index in [0.717, 1.165) is 5.56 Å². The van der Waals surface area contributed by atoms with Gasteiger partial charge in [-0.25, -0.2) is 0 Å². The maximum atomic E-state index is 9.54. The number of hydrogen-bond acceptors (Lipinski definition) is 3. The Labute approximate surface area is 82.9 Å². The second-order valence-corrected chi connectivity index (χ2v) is 3.07. The fourth-order valence-corrected chi connectivity index (χ4v) is 1.36. The quantitative estimate of drug-likeness (QED) is 0.629. The molecule has 76 valence electrons. The summed E-state index contributed by atoms with van der Waals surface area (Å²) in [5.41, 5.74) is 1.80. The zero-order chi connectivity index (χ0) is 10.6. The number of aromatic hydroxyl groups is 1. The minimum atomic E-state index is -0.232. The minimum absolute atomic E-state index is 0.0252. The molecule has 0 unspecified atom stereocenters. The number of phenols is 1. The Morgan fingerprint density at radius 1 is 1.14 bits per heavy atom. The monoisotopic (exact) mass is 194 g/mol. The van der Waals surface area contributed by atoms with Crippen molar-refractivity contribution in [3.05, 3.63) is 41.5 Å². The van der Waals surface area contributed by atoms with Crippen molar-refractivity contribution in [2.45, 2.75) is 19.6 Å². The molecule has 0 bridgehead atoms. The molecule has 1 aromatic rings. The van der Waals surface area contributed by atoms with Gasteiger partial charge in [0, 0.05) is 11.1 Å². The summed E-state index contributed by atoms with van der Waals surface area (Å²) in [5.74, 6) is -0.0252. The smallest absolute Gasteiger partial charge is 0.126 e. The number of hydrogen-bond donors (Lipinski definition) is 3. The Kier molecular flexibility index (Phi) is 3.68. The summed E-state index contributed by atoms with van der Waals surface area (Å²) in [6, 6.07) is 3.41. The van der Waals surface area contributed by atoms with E-state index in [1.165, 1.54) is 0 Å². The van der Waals surface area contributed by atoms with E-state index in [1.807, 2.05) is 0 Å². The van der Waals surface area contributed by atoms with Crippen molar-refractivity contribution in [2.24, 2.45) is 0 Å². The summed E-state index contributed by atoms with van der Waals surface area (Å²) < 4.78 is 0. The highest BCUT2D eigenvalue weighted by Crippen LogP contribution is 2.25. The Balaban J connectivity index is 3.17. The standard InChI is InChI=1S/C11H14O3/c1-2-3-8-4-9(6-12)11(14)10(5-8)7-13/h2,4-5,12-14H,1,3,6-7H2. The Morgan fingerprint density at radius 2 is 1.64 bits per heavy atom. The number of rotatable bonds is 4. The molecule has 0 aliphatic heterocycles. The van der Waals surface area contributed by atoms with E-state index in [4.69, 9.17) is 10.2 Å². The lowest BCUT2D eigenvalue weighted by Crippen LogP contribution is -1.94. The molecule has 0 heterocycles. The van der Waals surface area contributed by atoms with Crippen LogP contribution in [0, 0.1) is 0 Å². The Hall–Kier alpha value is -1.32. The second kappa shape index (κ2) is 4.79. The van der Waals surface area contributed by atoms with Gasteiger partial charge in [-0.3, -0.25) is 0 Å². The predicted molar refractivity (Wildman–Crippen MR) is 53.9 cm³/mol. The molecule has 3 nitrogen and oxygen atoms in total. The van der Waals surface area contributed by atoms with Gasteiger partial charge in [-0.2, -0.15) is 0 Å². The van der Waals surface area contributed by atoms with E-state index in [-0.39, 0.29) is 19.0 Å². The van der Waals surface area contributed by atoms with Crippen LogP contribution in [0.25, 0.3) is 0 Å². The largest absolute Gasteiger partial charge is 0.507 e. The second-order valence-electron chi connectivity index (χ2n) is 3.07. The third-order valence-electron chi connectivity index (χ3n) is 2.05. The van der Waals surface area contributed by atoms with Crippen LogP contribution in [0.3, 0.4) is 0 Å². The van der Waals surface area contributed by atoms with Crippen LogP contribution in [-0.4, -0.2) is 15.3 Å². The predicted octanol–water partition coefficient (Wildman–Crippen LogP) is 1.11. The third kappa shape index (κ3) is 2.13. The molecule has 0 saturated carbocycles. The van der Waals surface area contributed by atoms with Crippen LogP contribution >= 0.6 is 0 Å². The van der Waals surface area contributed by atoms with Gasteiger partial charge in [0.05, 0.1) is 13.2 Å². The maximum absolute atomic E-state index is 9.54. The Morgan fingerprint density at radius 3 is 2.00 bits per heavy atom. The fraction of sp³-hybridized carbons (Fsp3) is 0.273. The van der Waals surface area contributed by atoms with Crippen LogP contribution in [0.1, 0.15) is 16.7 Å².